The van der Waals surface area contributed by atoms with Crippen LogP contribution in [0.4, 0.5) is 18.9 Å². The Morgan fingerprint density at radius 2 is 1.86 bits per heavy atom. The summed E-state index contributed by atoms with van der Waals surface area (Å²) in [4.78, 5) is 20.6. The molecule has 6 rings (SSSR count). The van der Waals surface area contributed by atoms with E-state index in [4.69, 9.17) is 4.74 Å². The van der Waals surface area contributed by atoms with Crippen LogP contribution in [0.15, 0.2) is 23.4 Å². The number of amides is 1. The standard InChI is InChI=1S/C21H22F3N7O4S2/c22-21(23,24)20-27-26-18(36-20)17-25-8-16-15(7-14(9-31(16)17)37(33,34)28-13-1-2-13)29-3-5-30(6-4-29)19(32)12-10-35-11-12/h7-9,12-13,28H,1-6,10-11H2. The molecule has 0 spiro atoms. The molecule has 0 unspecified atom stereocenters. The second-order valence-corrected chi connectivity index (χ2v) is 11.9. The molecule has 0 bridgehead atoms. The van der Waals surface area contributed by atoms with Crippen molar-refractivity contribution in [3.63, 3.8) is 0 Å². The van der Waals surface area contributed by atoms with Crippen LogP contribution in [-0.4, -0.2) is 84.2 Å². The van der Waals surface area contributed by atoms with Crippen LogP contribution in [0.2, 0.25) is 0 Å². The second kappa shape index (κ2) is 8.89. The molecule has 1 N–H and O–H groups in total. The van der Waals surface area contributed by atoms with E-state index in [0.717, 1.165) is 12.8 Å². The first-order valence-electron chi connectivity index (χ1n) is 11.7. The average molecular weight is 558 g/mol. The molecule has 5 heterocycles. The maximum Gasteiger partial charge on any atom is 0.445 e. The smallest absolute Gasteiger partial charge is 0.380 e. The zero-order valence-electron chi connectivity index (χ0n) is 19.3. The Hall–Kier alpha value is -2.82. The van der Waals surface area contributed by atoms with Crippen LogP contribution >= 0.6 is 11.3 Å². The highest BCUT2D eigenvalue weighted by Crippen LogP contribution is 2.36. The lowest BCUT2D eigenvalue weighted by Gasteiger charge is -2.39. The van der Waals surface area contributed by atoms with E-state index in [-0.39, 0.29) is 33.6 Å². The van der Waals surface area contributed by atoms with E-state index in [2.05, 4.69) is 19.9 Å². The third-order valence-corrected chi connectivity index (χ3v) is 9.03. The molecule has 3 aliphatic rings. The van der Waals surface area contributed by atoms with Gasteiger partial charge in [-0.15, -0.1) is 10.2 Å². The van der Waals surface area contributed by atoms with Crippen molar-refractivity contribution in [1.82, 2.24) is 29.2 Å². The number of carbonyl (C=O) groups is 1. The Morgan fingerprint density at radius 3 is 2.46 bits per heavy atom. The van der Waals surface area contributed by atoms with Gasteiger partial charge in [0.1, 0.15) is 4.90 Å². The lowest BCUT2D eigenvalue weighted by molar-refractivity contribution is -0.150. The number of aromatic nitrogens is 4. The molecule has 3 aromatic heterocycles. The van der Waals surface area contributed by atoms with Gasteiger partial charge in [0.2, 0.25) is 20.9 Å². The number of imidazole rings is 1. The van der Waals surface area contributed by atoms with E-state index < -0.39 is 21.2 Å². The Bertz CT molecular complexity index is 1460. The quantitative estimate of drug-likeness (QED) is 0.485. The van der Waals surface area contributed by atoms with E-state index in [0.29, 0.717) is 61.9 Å². The number of pyridine rings is 1. The minimum Gasteiger partial charge on any atom is -0.380 e. The molecule has 0 aromatic carbocycles. The van der Waals surface area contributed by atoms with Crippen molar-refractivity contribution in [2.45, 2.75) is 30.0 Å². The Morgan fingerprint density at radius 1 is 1.14 bits per heavy atom. The predicted molar refractivity (Wildman–Crippen MR) is 126 cm³/mol. The molecule has 16 heteroatoms. The number of nitrogens with one attached hydrogen (secondary N) is 1. The van der Waals surface area contributed by atoms with Crippen molar-refractivity contribution in [3.05, 3.63) is 23.5 Å². The van der Waals surface area contributed by atoms with Gasteiger partial charge in [0.15, 0.2) is 10.8 Å². The lowest BCUT2D eigenvalue weighted by atomic mass is 10.1. The fraction of sp³-hybridized carbons (Fsp3) is 0.524. The van der Waals surface area contributed by atoms with Gasteiger partial charge in [0, 0.05) is 38.4 Å². The highest BCUT2D eigenvalue weighted by Gasteiger charge is 2.37. The van der Waals surface area contributed by atoms with Gasteiger partial charge in [-0.3, -0.25) is 9.20 Å². The fourth-order valence-electron chi connectivity index (χ4n) is 4.33. The van der Waals surface area contributed by atoms with Crippen LogP contribution < -0.4 is 9.62 Å². The Kier molecular flexibility index (Phi) is 5.89. The molecule has 3 aromatic rings. The van der Waals surface area contributed by atoms with Crippen LogP contribution in [0.25, 0.3) is 16.3 Å². The van der Waals surface area contributed by atoms with E-state index >= 15 is 0 Å². The van der Waals surface area contributed by atoms with Gasteiger partial charge in [0.05, 0.1) is 36.5 Å². The summed E-state index contributed by atoms with van der Waals surface area (Å²) in [5.41, 5.74) is 1.06. The molecule has 2 aliphatic heterocycles. The van der Waals surface area contributed by atoms with Crippen molar-refractivity contribution < 1.29 is 31.1 Å². The van der Waals surface area contributed by atoms with Crippen molar-refractivity contribution in [2.24, 2.45) is 5.92 Å². The van der Waals surface area contributed by atoms with Crippen LogP contribution in [0.3, 0.4) is 0 Å². The number of alkyl halides is 3. The summed E-state index contributed by atoms with van der Waals surface area (Å²) in [6, 6.07) is 1.42. The summed E-state index contributed by atoms with van der Waals surface area (Å²) in [6.45, 7) is 2.65. The van der Waals surface area contributed by atoms with Gasteiger partial charge in [-0.05, 0) is 18.9 Å². The molecular formula is C21H22F3N7O4S2. The molecular weight excluding hydrogens is 535 g/mol. The normalized spacial score (nSPS) is 19.4. The molecule has 1 aliphatic carbocycles. The largest absolute Gasteiger partial charge is 0.445 e. The molecule has 198 valence electrons. The third kappa shape index (κ3) is 4.66. The molecule has 2 saturated heterocycles. The molecule has 0 atom stereocenters. The van der Waals surface area contributed by atoms with Gasteiger partial charge in [0.25, 0.3) is 0 Å². The number of nitrogens with zero attached hydrogens (tertiary/aromatic N) is 6. The van der Waals surface area contributed by atoms with Crippen molar-refractivity contribution >= 4 is 38.5 Å². The first kappa shape index (κ1) is 24.5. The number of fused-ring (bicyclic) bond motifs is 1. The zero-order valence-corrected chi connectivity index (χ0v) is 20.9. The molecule has 1 saturated carbocycles. The number of hydrogen-bond acceptors (Lipinski definition) is 9. The summed E-state index contributed by atoms with van der Waals surface area (Å²) in [6.07, 6.45) is -0.334. The topological polar surface area (TPSA) is 122 Å². The van der Waals surface area contributed by atoms with Gasteiger partial charge < -0.3 is 14.5 Å². The minimum absolute atomic E-state index is 0.0353. The summed E-state index contributed by atoms with van der Waals surface area (Å²) >= 11 is 0.338. The summed E-state index contributed by atoms with van der Waals surface area (Å²) in [7, 11) is -3.89. The third-order valence-electron chi connectivity index (χ3n) is 6.58. The first-order chi connectivity index (χ1) is 17.6. The Labute approximate surface area is 213 Å². The van der Waals surface area contributed by atoms with Crippen molar-refractivity contribution in [2.75, 3.05) is 44.3 Å². The first-order valence-corrected chi connectivity index (χ1v) is 14.0. The second-order valence-electron chi connectivity index (χ2n) is 9.25. The molecule has 37 heavy (non-hydrogen) atoms. The number of carbonyl (C=O) groups excluding carboxylic acids is 1. The number of hydrogen-bond donors (Lipinski definition) is 1. The van der Waals surface area contributed by atoms with Crippen molar-refractivity contribution in [3.8, 4) is 10.8 Å². The number of anilines is 1. The average Bonchev–Trinajstić information content (AvgIpc) is 3.30. The molecule has 11 nitrogen and oxygen atoms in total. The van der Waals surface area contributed by atoms with E-state index in [1.807, 2.05) is 4.90 Å². The van der Waals surface area contributed by atoms with E-state index in [9.17, 15) is 26.4 Å². The van der Waals surface area contributed by atoms with Crippen LogP contribution in [0.5, 0.6) is 0 Å². The van der Waals surface area contributed by atoms with Gasteiger partial charge in [-0.2, -0.15) is 13.2 Å². The van der Waals surface area contributed by atoms with Gasteiger partial charge in [-0.25, -0.2) is 18.1 Å². The number of rotatable bonds is 6. The lowest BCUT2D eigenvalue weighted by Crippen LogP contribution is -2.53. The monoisotopic (exact) mass is 557 g/mol. The van der Waals surface area contributed by atoms with Crippen LogP contribution in [0.1, 0.15) is 17.8 Å². The van der Waals surface area contributed by atoms with E-state index in [1.165, 1.54) is 16.8 Å². The van der Waals surface area contributed by atoms with E-state index in [1.54, 1.807) is 11.0 Å². The summed E-state index contributed by atoms with van der Waals surface area (Å²) < 4.78 is 74.8. The Balaban J connectivity index is 1.37. The maximum absolute atomic E-state index is 13.1. The van der Waals surface area contributed by atoms with Crippen LogP contribution in [0, 0.1) is 5.92 Å². The maximum atomic E-state index is 13.1. The highest BCUT2D eigenvalue weighted by molar-refractivity contribution is 7.89. The van der Waals surface area contributed by atoms with Crippen molar-refractivity contribution in [1.29, 1.82) is 0 Å². The number of halogens is 3. The number of ether oxygens (including phenoxy) is 1. The number of piperazine rings is 1. The molecule has 1 amide bonds. The predicted octanol–water partition coefficient (Wildman–Crippen LogP) is 1.61. The van der Waals surface area contributed by atoms with Gasteiger partial charge >= 0.3 is 6.18 Å². The fourth-order valence-corrected chi connectivity index (χ4v) is 6.36. The van der Waals surface area contributed by atoms with Gasteiger partial charge in [-0.1, -0.05) is 11.3 Å². The SMILES string of the molecule is O=C(C1COC1)N1CCN(c2cc(S(=O)(=O)NC3CC3)cn3c(-c4nnc(C(F)(F)F)s4)ncc23)CC1. The molecule has 3 fully saturated rings. The summed E-state index contributed by atoms with van der Waals surface area (Å²) in [5, 5.41) is 5.70. The minimum atomic E-state index is -4.65. The number of sulfonamides is 1. The summed E-state index contributed by atoms with van der Waals surface area (Å²) in [5.74, 6) is -0.0120. The zero-order chi connectivity index (χ0) is 25.9. The molecule has 0 radical (unpaired) electrons. The highest BCUT2D eigenvalue weighted by atomic mass is 32.2. The van der Waals surface area contributed by atoms with Crippen LogP contribution in [-0.2, 0) is 25.7 Å².